The minimum absolute atomic E-state index is 0.528. The lowest BCUT2D eigenvalue weighted by atomic mass is 9.98. The highest BCUT2D eigenvalue weighted by Crippen LogP contribution is 2.33. The Morgan fingerprint density at radius 2 is 2.36 bits per heavy atom. The van der Waals surface area contributed by atoms with Crippen molar-refractivity contribution >= 4 is 11.3 Å². The first-order chi connectivity index (χ1) is 6.85. The summed E-state index contributed by atoms with van der Waals surface area (Å²) in [6, 6.07) is 0.528. The lowest BCUT2D eigenvalue weighted by Gasteiger charge is -2.21. The summed E-state index contributed by atoms with van der Waals surface area (Å²) in [7, 11) is 0. The van der Waals surface area contributed by atoms with Gasteiger partial charge in [0.1, 0.15) is 0 Å². The standard InChI is InChI=1S/C11H18N2S/c1-3-10-13-11-8(12-4-2)6-5-7-9(11)14-10/h8,12H,3-7H2,1-2H3. The van der Waals surface area contributed by atoms with Gasteiger partial charge in [-0.05, 0) is 32.2 Å². The van der Waals surface area contributed by atoms with Crippen LogP contribution in [0.5, 0.6) is 0 Å². The third-order valence-electron chi connectivity index (χ3n) is 2.75. The maximum Gasteiger partial charge on any atom is 0.0929 e. The van der Waals surface area contributed by atoms with Crippen molar-refractivity contribution in [3.8, 4) is 0 Å². The summed E-state index contributed by atoms with van der Waals surface area (Å²) in [6.45, 7) is 5.40. The van der Waals surface area contributed by atoms with E-state index in [4.69, 9.17) is 4.98 Å². The Kier molecular flexibility index (Phi) is 3.19. The molecule has 78 valence electrons. The molecule has 1 unspecified atom stereocenters. The molecule has 0 amide bonds. The highest BCUT2D eigenvalue weighted by molar-refractivity contribution is 7.11. The van der Waals surface area contributed by atoms with E-state index in [9.17, 15) is 0 Å². The molecule has 2 nitrogen and oxygen atoms in total. The summed E-state index contributed by atoms with van der Waals surface area (Å²) in [5.41, 5.74) is 1.35. The van der Waals surface area contributed by atoms with Crippen LogP contribution in [0.2, 0.25) is 0 Å². The van der Waals surface area contributed by atoms with Crippen LogP contribution in [-0.4, -0.2) is 11.5 Å². The molecule has 1 aromatic rings. The van der Waals surface area contributed by atoms with E-state index in [1.54, 1.807) is 0 Å². The van der Waals surface area contributed by atoms with Gasteiger partial charge >= 0.3 is 0 Å². The van der Waals surface area contributed by atoms with Crippen molar-refractivity contribution in [2.24, 2.45) is 0 Å². The molecular weight excluding hydrogens is 192 g/mol. The van der Waals surface area contributed by atoms with E-state index in [2.05, 4.69) is 19.2 Å². The van der Waals surface area contributed by atoms with E-state index in [0.717, 1.165) is 13.0 Å². The molecule has 0 aliphatic heterocycles. The lowest BCUT2D eigenvalue weighted by Crippen LogP contribution is -2.24. The van der Waals surface area contributed by atoms with Crippen LogP contribution < -0.4 is 5.32 Å². The molecule has 14 heavy (non-hydrogen) atoms. The molecule has 1 aromatic heterocycles. The van der Waals surface area contributed by atoms with E-state index in [1.165, 1.54) is 34.8 Å². The Morgan fingerprint density at radius 3 is 3.07 bits per heavy atom. The van der Waals surface area contributed by atoms with Gasteiger partial charge in [-0.15, -0.1) is 11.3 Å². The molecule has 1 aliphatic rings. The highest BCUT2D eigenvalue weighted by Gasteiger charge is 2.23. The van der Waals surface area contributed by atoms with E-state index in [-0.39, 0.29) is 0 Å². The average Bonchev–Trinajstić information content (AvgIpc) is 2.62. The molecule has 3 heteroatoms. The zero-order valence-electron chi connectivity index (χ0n) is 8.97. The number of nitrogens with zero attached hydrogens (tertiary/aromatic N) is 1. The first-order valence-electron chi connectivity index (χ1n) is 5.57. The smallest absolute Gasteiger partial charge is 0.0929 e. The number of aromatic nitrogens is 1. The van der Waals surface area contributed by atoms with Gasteiger partial charge in [0.2, 0.25) is 0 Å². The van der Waals surface area contributed by atoms with Crippen LogP contribution >= 0.6 is 11.3 Å². The number of rotatable bonds is 3. The van der Waals surface area contributed by atoms with Crippen molar-refractivity contribution in [2.45, 2.75) is 45.6 Å². The van der Waals surface area contributed by atoms with Crippen LogP contribution in [0.4, 0.5) is 0 Å². The Hall–Kier alpha value is -0.410. The topological polar surface area (TPSA) is 24.9 Å². The van der Waals surface area contributed by atoms with Gasteiger partial charge in [0.25, 0.3) is 0 Å². The van der Waals surface area contributed by atoms with Crippen LogP contribution in [0, 0.1) is 0 Å². The molecule has 0 bridgehead atoms. The van der Waals surface area contributed by atoms with Crippen molar-refractivity contribution in [1.29, 1.82) is 0 Å². The first kappa shape index (κ1) is 10.1. The summed E-state index contributed by atoms with van der Waals surface area (Å²) in [5.74, 6) is 0. The summed E-state index contributed by atoms with van der Waals surface area (Å²) in [6.07, 6.45) is 4.90. The van der Waals surface area contributed by atoms with Crippen molar-refractivity contribution in [3.05, 3.63) is 15.6 Å². The maximum atomic E-state index is 4.73. The predicted octanol–water partition coefficient (Wildman–Crippen LogP) is 2.69. The number of hydrogen-bond donors (Lipinski definition) is 1. The molecule has 2 rings (SSSR count). The molecule has 0 fully saturated rings. The van der Waals surface area contributed by atoms with Gasteiger partial charge in [-0.3, -0.25) is 0 Å². The summed E-state index contributed by atoms with van der Waals surface area (Å²) < 4.78 is 0. The fraction of sp³-hybridized carbons (Fsp3) is 0.727. The molecule has 1 heterocycles. The first-order valence-corrected chi connectivity index (χ1v) is 6.38. The van der Waals surface area contributed by atoms with Crippen LogP contribution in [0.25, 0.3) is 0 Å². The fourth-order valence-electron chi connectivity index (χ4n) is 2.07. The number of hydrogen-bond acceptors (Lipinski definition) is 3. The molecule has 1 aliphatic carbocycles. The number of aryl methyl sites for hydroxylation is 2. The quantitative estimate of drug-likeness (QED) is 0.829. The molecule has 0 spiro atoms. The monoisotopic (exact) mass is 210 g/mol. The third kappa shape index (κ3) is 1.84. The second-order valence-electron chi connectivity index (χ2n) is 3.77. The van der Waals surface area contributed by atoms with Gasteiger partial charge in [-0.2, -0.15) is 0 Å². The Labute approximate surface area is 89.8 Å². The molecule has 0 radical (unpaired) electrons. The molecule has 0 aromatic carbocycles. The van der Waals surface area contributed by atoms with Crippen LogP contribution in [0.1, 0.15) is 48.3 Å². The number of fused-ring (bicyclic) bond motifs is 1. The van der Waals surface area contributed by atoms with Crippen LogP contribution in [0.15, 0.2) is 0 Å². The SMILES string of the molecule is CCNC1CCCc2sc(CC)nc21. The lowest BCUT2D eigenvalue weighted by molar-refractivity contribution is 0.465. The van der Waals surface area contributed by atoms with Crippen molar-refractivity contribution in [3.63, 3.8) is 0 Å². The molecule has 1 N–H and O–H groups in total. The Morgan fingerprint density at radius 1 is 1.50 bits per heavy atom. The van der Waals surface area contributed by atoms with E-state index in [0.29, 0.717) is 6.04 Å². The van der Waals surface area contributed by atoms with Gasteiger partial charge < -0.3 is 5.32 Å². The largest absolute Gasteiger partial charge is 0.309 e. The predicted molar refractivity (Wildman–Crippen MR) is 60.8 cm³/mol. The van der Waals surface area contributed by atoms with Crippen molar-refractivity contribution < 1.29 is 0 Å². The zero-order chi connectivity index (χ0) is 9.97. The second-order valence-corrected chi connectivity index (χ2v) is 4.94. The van der Waals surface area contributed by atoms with Gasteiger partial charge in [0.15, 0.2) is 0 Å². The minimum Gasteiger partial charge on any atom is -0.309 e. The summed E-state index contributed by atoms with van der Waals surface area (Å²) in [4.78, 5) is 6.25. The van der Waals surface area contributed by atoms with Crippen LogP contribution in [-0.2, 0) is 12.8 Å². The molecule has 1 atom stereocenters. The second kappa shape index (κ2) is 4.41. The van der Waals surface area contributed by atoms with Crippen molar-refractivity contribution in [1.82, 2.24) is 10.3 Å². The van der Waals surface area contributed by atoms with Crippen LogP contribution in [0.3, 0.4) is 0 Å². The molecule has 0 saturated carbocycles. The number of nitrogens with one attached hydrogen (secondary N) is 1. The summed E-state index contributed by atoms with van der Waals surface area (Å²) >= 11 is 1.91. The third-order valence-corrected chi connectivity index (χ3v) is 4.03. The van der Waals surface area contributed by atoms with E-state index in [1.807, 2.05) is 11.3 Å². The maximum absolute atomic E-state index is 4.73. The average molecular weight is 210 g/mol. The Balaban J connectivity index is 2.24. The molecule has 0 saturated heterocycles. The van der Waals surface area contributed by atoms with E-state index < -0.39 is 0 Å². The fourth-order valence-corrected chi connectivity index (χ4v) is 3.18. The van der Waals surface area contributed by atoms with Gasteiger partial charge in [0, 0.05) is 4.88 Å². The summed E-state index contributed by atoms with van der Waals surface area (Å²) in [5, 5.41) is 4.83. The highest BCUT2D eigenvalue weighted by atomic mass is 32.1. The van der Waals surface area contributed by atoms with Gasteiger partial charge in [-0.25, -0.2) is 4.98 Å². The van der Waals surface area contributed by atoms with Crippen molar-refractivity contribution in [2.75, 3.05) is 6.54 Å². The minimum atomic E-state index is 0.528. The Bertz CT molecular complexity index is 306. The molecular formula is C11H18N2S. The van der Waals surface area contributed by atoms with Gasteiger partial charge in [-0.1, -0.05) is 13.8 Å². The zero-order valence-corrected chi connectivity index (χ0v) is 9.78. The van der Waals surface area contributed by atoms with E-state index >= 15 is 0 Å². The van der Waals surface area contributed by atoms with Gasteiger partial charge in [0.05, 0.1) is 16.7 Å². The number of thiazole rings is 1. The normalized spacial score (nSPS) is 20.9.